The number of nitrogens with zero attached hydrogens (tertiary/aromatic N) is 3. The Labute approximate surface area is 143 Å². The number of ether oxygens (including phenoxy) is 1. The van der Waals surface area contributed by atoms with Crippen LogP contribution in [0.4, 0.5) is 5.69 Å². The number of nitrogens with one attached hydrogen (secondary N) is 1. The number of hydrogen-bond donors (Lipinski definition) is 1. The quantitative estimate of drug-likeness (QED) is 0.809. The smallest absolute Gasteiger partial charge is 0.233 e. The van der Waals surface area contributed by atoms with Crippen molar-refractivity contribution in [3.8, 4) is 5.75 Å². The van der Waals surface area contributed by atoms with Crippen LogP contribution in [-0.4, -0.2) is 31.6 Å². The van der Waals surface area contributed by atoms with Crippen molar-refractivity contribution in [3.63, 3.8) is 0 Å². The molecule has 0 spiro atoms. The molecule has 122 valence electrons. The van der Waals surface area contributed by atoms with Gasteiger partial charge >= 0.3 is 0 Å². The first-order chi connectivity index (χ1) is 10.9. The summed E-state index contributed by atoms with van der Waals surface area (Å²) in [5.74, 6) is 0.467. The van der Waals surface area contributed by atoms with Crippen molar-refractivity contribution in [2.75, 3.05) is 11.9 Å². The van der Waals surface area contributed by atoms with Crippen molar-refractivity contribution < 1.29 is 9.53 Å². The second kappa shape index (κ2) is 6.02. The molecule has 0 bridgehead atoms. The molecule has 6 nitrogen and oxygen atoms in total. The van der Waals surface area contributed by atoms with E-state index in [0.717, 1.165) is 0 Å². The maximum absolute atomic E-state index is 12.3. The van der Waals surface area contributed by atoms with E-state index in [1.807, 2.05) is 12.1 Å². The number of rotatable bonds is 6. The van der Waals surface area contributed by atoms with Crippen LogP contribution in [0.2, 0.25) is 0 Å². The molecule has 8 heteroatoms. The number of anilines is 1. The largest absolute Gasteiger partial charge is 0.492 e. The van der Waals surface area contributed by atoms with Crippen LogP contribution in [0, 0.1) is 5.41 Å². The van der Waals surface area contributed by atoms with Crippen LogP contribution in [0.5, 0.6) is 5.75 Å². The van der Waals surface area contributed by atoms with Gasteiger partial charge in [0.15, 0.2) is 0 Å². The minimum atomic E-state index is -0.983. The van der Waals surface area contributed by atoms with E-state index in [4.69, 9.17) is 27.9 Å². The first kappa shape index (κ1) is 16.1. The summed E-state index contributed by atoms with van der Waals surface area (Å²) in [6, 6.07) is 7.18. The van der Waals surface area contributed by atoms with Crippen LogP contribution in [0.25, 0.3) is 0 Å². The minimum absolute atomic E-state index is 0.192. The monoisotopic (exact) mass is 354 g/mol. The number of amides is 1. The lowest BCUT2D eigenvalue weighted by Crippen LogP contribution is -2.25. The molecule has 0 saturated heterocycles. The summed E-state index contributed by atoms with van der Waals surface area (Å²) in [6.07, 6.45) is 3.55. The lowest BCUT2D eigenvalue weighted by Gasteiger charge is -2.13. The van der Waals surface area contributed by atoms with E-state index in [0.29, 0.717) is 31.0 Å². The molecular formula is C15H16Cl2N4O2. The molecular weight excluding hydrogens is 339 g/mol. The summed E-state index contributed by atoms with van der Waals surface area (Å²) in [4.78, 5) is 16.1. The van der Waals surface area contributed by atoms with Gasteiger partial charge in [-0.25, -0.2) is 9.67 Å². The predicted octanol–water partition coefficient (Wildman–Crippen LogP) is 2.88. The molecule has 1 atom stereocenters. The van der Waals surface area contributed by atoms with E-state index in [2.05, 4.69) is 15.4 Å². The van der Waals surface area contributed by atoms with Crippen molar-refractivity contribution in [1.29, 1.82) is 0 Å². The molecule has 1 heterocycles. The fraction of sp³-hybridized carbons (Fsp3) is 0.400. The Morgan fingerprint density at radius 3 is 2.91 bits per heavy atom. The van der Waals surface area contributed by atoms with Crippen LogP contribution < -0.4 is 10.1 Å². The number of benzene rings is 1. The van der Waals surface area contributed by atoms with Crippen LogP contribution >= 0.6 is 23.2 Å². The van der Waals surface area contributed by atoms with Crippen molar-refractivity contribution in [1.82, 2.24) is 14.8 Å². The molecule has 3 rings (SSSR count). The highest BCUT2D eigenvalue weighted by atomic mass is 35.5. The lowest BCUT2D eigenvalue weighted by atomic mass is 10.1. The molecule has 1 fully saturated rings. The Hall–Kier alpha value is -1.79. The third-order valence-corrected chi connectivity index (χ3v) is 5.01. The number of hydrogen-bond acceptors (Lipinski definition) is 4. The average Bonchev–Trinajstić information content (AvgIpc) is 2.87. The second-order valence-electron chi connectivity index (χ2n) is 5.70. The number of halogens is 2. The molecule has 2 aromatic rings. The fourth-order valence-corrected chi connectivity index (χ4v) is 2.89. The molecule has 23 heavy (non-hydrogen) atoms. The van der Waals surface area contributed by atoms with E-state index < -0.39 is 9.75 Å². The predicted molar refractivity (Wildman–Crippen MR) is 87.7 cm³/mol. The fourth-order valence-electron chi connectivity index (χ4n) is 2.18. The summed E-state index contributed by atoms with van der Waals surface area (Å²) in [5.41, 5.74) is -0.106. The van der Waals surface area contributed by atoms with Gasteiger partial charge in [0, 0.05) is 11.8 Å². The van der Waals surface area contributed by atoms with E-state index in [1.165, 1.54) is 6.33 Å². The SMILES string of the molecule is CC1(C(=O)Nc2cccc(OCCn3cncn3)c2)CC1(Cl)Cl. The third kappa shape index (κ3) is 3.43. The van der Waals surface area contributed by atoms with Crippen molar-refractivity contribution in [2.24, 2.45) is 5.41 Å². The average molecular weight is 355 g/mol. The minimum Gasteiger partial charge on any atom is -0.492 e. The van der Waals surface area contributed by atoms with Gasteiger partial charge in [0.25, 0.3) is 0 Å². The number of alkyl halides is 2. The molecule has 1 aliphatic carbocycles. The Balaban J connectivity index is 1.56. The zero-order chi connectivity index (χ0) is 16.5. The molecule has 1 aromatic carbocycles. The highest BCUT2D eigenvalue weighted by molar-refractivity contribution is 6.53. The molecule has 1 amide bonds. The third-order valence-electron chi connectivity index (χ3n) is 3.91. The Morgan fingerprint density at radius 2 is 2.26 bits per heavy atom. The second-order valence-corrected chi connectivity index (χ2v) is 7.19. The molecule has 1 unspecified atom stereocenters. The van der Waals surface area contributed by atoms with Gasteiger partial charge < -0.3 is 10.1 Å². The first-order valence-corrected chi connectivity index (χ1v) is 7.91. The van der Waals surface area contributed by atoms with Crippen LogP contribution in [0.3, 0.4) is 0 Å². The van der Waals surface area contributed by atoms with Gasteiger partial charge in [0.1, 0.15) is 29.3 Å². The van der Waals surface area contributed by atoms with E-state index in [1.54, 1.807) is 30.1 Å². The summed E-state index contributed by atoms with van der Waals surface area (Å²) in [6.45, 7) is 2.79. The van der Waals surface area contributed by atoms with E-state index in [-0.39, 0.29) is 5.91 Å². The zero-order valence-electron chi connectivity index (χ0n) is 12.5. The molecule has 1 aliphatic rings. The summed E-state index contributed by atoms with van der Waals surface area (Å²) < 4.78 is 6.35. The summed E-state index contributed by atoms with van der Waals surface area (Å²) in [5, 5.41) is 6.82. The van der Waals surface area contributed by atoms with Crippen molar-refractivity contribution in [2.45, 2.75) is 24.2 Å². The maximum atomic E-state index is 12.3. The van der Waals surface area contributed by atoms with Gasteiger partial charge in [0.2, 0.25) is 5.91 Å². The number of carbonyl (C=O) groups is 1. The van der Waals surface area contributed by atoms with Crippen molar-refractivity contribution in [3.05, 3.63) is 36.9 Å². The van der Waals surface area contributed by atoms with Gasteiger partial charge in [-0.2, -0.15) is 5.10 Å². The zero-order valence-corrected chi connectivity index (χ0v) is 14.0. The van der Waals surface area contributed by atoms with Crippen molar-refractivity contribution >= 4 is 34.8 Å². The Kier molecular flexibility index (Phi) is 4.21. The van der Waals surface area contributed by atoms with Gasteiger partial charge in [-0.1, -0.05) is 6.07 Å². The van der Waals surface area contributed by atoms with Gasteiger partial charge in [-0.3, -0.25) is 4.79 Å². The topological polar surface area (TPSA) is 69.0 Å². The standard InChI is InChI=1S/C15H16Cl2N4O2/c1-14(8-15(14,16)17)13(22)20-11-3-2-4-12(7-11)23-6-5-21-10-18-9-19-21/h2-4,7,9-10H,5-6,8H2,1H3,(H,20,22). The van der Waals surface area contributed by atoms with E-state index in [9.17, 15) is 4.79 Å². The lowest BCUT2D eigenvalue weighted by molar-refractivity contribution is -0.120. The Bertz CT molecular complexity index is 705. The highest BCUT2D eigenvalue weighted by Crippen LogP contribution is 2.64. The van der Waals surface area contributed by atoms with Gasteiger partial charge in [0.05, 0.1) is 12.0 Å². The first-order valence-electron chi connectivity index (χ1n) is 7.15. The molecule has 1 saturated carbocycles. The molecule has 1 aromatic heterocycles. The van der Waals surface area contributed by atoms with Gasteiger partial charge in [-0.15, -0.1) is 23.2 Å². The molecule has 0 radical (unpaired) electrons. The van der Waals surface area contributed by atoms with E-state index >= 15 is 0 Å². The van der Waals surface area contributed by atoms with Crippen LogP contribution in [-0.2, 0) is 11.3 Å². The number of carbonyl (C=O) groups excluding carboxylic acids is 1. The normalized spacial score (nSPS) is 21.7. The van der Waals surface area contributed by atoms with Crippen LogP contribution in [0.15, 0.2) is 36.9 Å². The summed E-state index contributed by atoms with van der Waals surface area (Å²) in [7, 11) is 0. The maximum Gasteiger partial charge on any atom is 0.233 e. The number of aromatic nitrogens is 3. The molecule has 1 N–H and O–H groups in total. The Morgan fingerprint density at radius 1 is 1.48 bits per heavy atom. The highest BCUT2D eigenvalue weighted by Gasteiger charge is 2.67. The summed E-state index contributed by atoms with van der Waals surface area (Å²) >= 11 is 12.0. The van der Waals surface area contributed by atoms with Gasteiger partial charge in [-0.05, 0) is 25.5 Å². The van der Waals surface area contributed by atoms with Crippen LogP contribution in [0.1, 0.15) is 13.3 Å². The molecule has 0 aliphatic heterocycles.